The summed E-state index contributed by atoms with van der Waals surface area (Å²) in [7, 11) is 1.60. The number of carbonyl (C=O) groups is 1. The minimum atomic E-state index is 0.105. The fraction of sp³-hybridized carbons (Fsp3) is 0.421. The maximum atomic E-state index is 12.8. The third-order valence-electron chi connectivity index (χ3n) is 4.51. The second-order valence-corrected chi connectivity index (χ2v) is 6.41. The fourth-order valence-electron chi connectivity index (χ4n) is 3.15. The number of anilines is 1. The molecule has 1 aromatic carbocycles. The van der Waals surface area contributed by atoms with Gasteiger partial charge < -0.3 is 14.5 Å². The Bertz CT molecular complexity index is 783. The number of hydrogen-bond acceptors (Lipinski definition) is 5. The molecule has 0 unspecified atom stereocenters. The van der Waals surface area contributed by atoms with Gasteiger partial charge in [-0.25, -0.2) is 4.98 Å². The molecule has 1 aliphatic heterocycles. The maximum Gasteiger partial charge on any atom is 0.254 e. The van der Waals surface area contributed by atoms with Gasteiger partial charge in [0.05, 0.1) is 7.11 Å². The van der Waals surface area contributed by atoms with E-state index in [4.69, 9.17) is 4.74 Å². The summed E-state index contributed by atoms with van der Waals surface area (Å²) in [5.41, 5.74) is 2.99. The Kier molecular flexibility index (Phi) is 4.88. The lowest BCUT2D eigenvalue weighted by molar-refractivity contribution is 0.0745. The number of piperazine rings is 1. The molecule has 1 aliphatic rings. The van der Waals surface area contributed by atoms with Crippen molar-refractivity contribution in [2.24, 2.45) is 0 Å². The first kappa shape index (κ1) is 17.2. The van der Waals surface area contributed by atoms with Crippen molar-refractivity contribution in [3.63, 3.8) is 0 Å². The van der Waals surface area contributed by atoms with E-state index in [2.05, 4.69) is 20.9 Å². The largest absolute Gasteiger partial charge is 0.481 e. The standard InChI is InChI=1S/C19H24N4O2/c1-13-5-6-16(14(2)11-13)19(24)23-9-7-22(8-10-23)17-12-18(25-4)21-15(3)20-17/h5-6,11-12H,7-10H2,1-4H3. The predicted octanol–water partition coefficient (Wildman–Crippen LogP) is 2.37. The number of ether oxygens (including phenoxy) is 1. The van der Waals surface area contributed by atoms with Crippen molar-refractivity contribution in [3.05, 3.63) is 46.8 Å². The van der Waals surface area contributed by atoms with Crippen LogP contribution in [-0.2, 0) is 0 Å². The number of nitrogens with zero attached hydrogens (tertiary/aromatic N) is 4. The first-order chi connectivity index (χ1) is 12.0. The van der Waals surface area contributed by atoms with Gasteiger partial charge >= 0.3 is 0 Å². The van der Waals surface area contributed by atoms with Crippen molar-refractivity contribution >= 4 is 11.7 Å². The Morgan fingerprint density at radius 1 is 1.04 bits per heavy atom. The predicted molar refractivity (Wildman–Crippen MR) is 97.4 cm³/mol. The summed E-state index contributed by atoms with van der Waals surface area (Å²) in [6, 6.07) is 7.82. The number of amides is 1. The van der Waals surface area contributed by atoms with Gasteiger partial charge in [0.25, 0.3) is 5.91 Å². The van der Waals surface area contributed by atoms with Crippen LogP contribution in [0.4, 0.5) is 5.82 Å². The minimum absolute atomic E-state index is 0.105. The SMILES string of the molecule is COc1cc(N2CCN(C(=O)c3ccc(C)cc3C)CC2)nc(C)n1. The van der Waals surface area contributed by atoms with Gasteiger partial charge in [-0.2, -0.15) is 4.98 Å². The highest BCUT2D eigenvalue weighted by atomic mass is 16.5. The van der Waals surface area contributed by atoms with E-state index in [1.807, 2.05) is 43.9 Å². The number of methoxy groups -OCH3 is 1. The molecule has 132 valence electrons. The van der Waals surface area contributed by atoms with Gasteiger partial charge in [-0.3, -0.25) is 4.79 Å². The number of aryl methyl sites for hydroxylation is 3. The van der Waals surface area contributed by atoms with Crippen LogP contribution in [0.3, 0.4) is 0 Å². The van der Waals surface area contributed by atoms with Crippen LogP contribution in [-0.4, -0.2) is 54.1 Å². The van der Waals surface area contributed by atoms with Crippen LogP contribution < -0.4 is 9.64 Å². The molecule has 2 aromatic rings. The molecular weight excluding hydrogens is 316 g/mol. The second-order valence-electron chi connectivity index (χ2n) is 6.41. The lowest BCUT2D eigenvalue weighted by Crippen LogP contribution is -2.49. The minimum Gasteiger partial charge on any atom is -0.481 e. The third-order valence-corrected chi connectivity index (χ3v) is 4.51. The van der Waals surface area contributed by atoms with E-state index < -0.39 is 0 Å². The van der Waals surface area contributed by atoms with E-state index in [-0.39, 0.29) is 5.91 Å². The normalized spacial score (nSPS) is 14.6. The van der Waals surface area contributed by atoms with E-state index in [0.717, 1.165) is 30.0 Å². The number of carbonyl (C=O) groups excluding carboxylic acids is 1. The molecule has 1 amide bonds. The smallest absolute Gasteiger partial charge is 0.254 e. The van der Waals surface area contributed by atoms with E-state index in [9.17, 15) is 4.79 Å². The molecule has 25 heavy (non-hydrogen) atoms. The van der Waals surface area contributed by atoms with Crippen LogP contribution >= 0.6 is 0 Å². The highest BCUT2D eigenvalue weighted by molar-refractivity contribution is 5.95. The summed E-state index contributed by atoms with van der Waals surface area (Å²) in [4.78, 5) is 25.6. The van der Waals surface area contributed by atoms with Gasteiger partial charge in [0, 0.05) is 37.8 Å². The number of benzene rings is 1. The molecule has 1 aromatic heterocycles. The van der Waals surface area contributed by atoms with Gasteiger partial charge in [0.2, 0.25) is 5.88 Å². The molecule has 0 bridgehead atoms. The van der Waals surface area contributed by atoms with E-state index in [1.54, 1.807) is 7.11 Å². The Morgan fingerprint density at radius 3 is 2.40 bits per heavy atom. The Balaban J connectivity index is 1.69. The molecular formula is C19H24N4O2. The lowest BCUT2D eigenvalue weighted by Gasteiger charge is -2.35. The summed E-state index contributed by atoms with van der Waals surface area (Å²) in [6.45, 7) is 8.73. The molecule has 0 saturated carbocycles. The highest BCUT2D eigenvalue weighted by Gasteiger charge is 2.24. The highest BCUT2D eigenvalue weighted by Crippen LogP contribution is 2.20. The van der Waals surface area contributed by atoms with Crippen molar-refractivity contribution in [1.82, 2.24) is 14.9 Å². The molecule has 0 radical (unpaired) electrons. The molecule has 1 fully saturated rings. The van der Waals surface area contributed by atoms with Crippen LogP contribution in [0.5, 0.6) is 5.88 Å². The lowest BCUT2D eigenvalue weighted by atomic mass is 10.0. The zero-order valence-corrected chi connectivity index (χ0v) is 15.2. The summed E-state index contributed by atoms with van der Waals surface area (Å²) in [5.74, 6) is 2.20. The Hall–Kier alpha value is -2.63. The topological polar surface area (TPSA) is 58.6 Å². The van der Waals surface area contributed by atoms with Gasteiger partial charge in [0.1, 0.15) is 11.6 Å². The van der Waals surface area contributed by atoms with Crippen LogP contribution in [0, 0.1) is 20.8 Å². The Labute approximate surface area is 148 Å². The quantitative estimate of drug-likeness (QED) is 0.858. The van der Waals surface area contributed by atoms with Crippen molar-refractivity contribution < 1.29 is 9.53 Å². The van der Waals surface area contributed by atoms with Gasteiger partial charge in [-0.05, 0) is 32.4 Å². The third kappa shape index (κ3) is 3.73. The zero-order valence-electron chi connectivity index (χ0n) is 15.2. The zero-order chi connectivity index (χ0) is 18.0. The Morgan fingerprint density at radius 2 is 1.76 bits per heavy atom. The average molecular weight is 340 g/mol. The molecule has 2 heterocycles. The number of aromatic nitrogens is 2. The molecule has 6 heteroatoms. The second kappa shape index (κ2) is 7.09. The fourth-order valence-corrected chi connectivity index (χ4v) is 3.15. The van der Waals surface area contributed by atoms with Crippen LogP contribution in [0.15, 0.2) is 24.3 Å². The van der Waals surface area contributed by atoms with Crippen molar-refractivity contribution in [1.29, 1.82) is 0 Å². The summed E-state index contributed by atoms with van der Waals surface area (Å²) < 4.78 is 5.22. The van der Waals surface area contributed by atoms with E-state index >= 15 is 0 Å². The van der Waals surface area contributed by atoms with Crippen molar-refractivity contribution in [2.75, 3.05) is 38.2 Å². The molecule has 6 nitrogen and oxygen atoms in total. The van der Waals surface area contributed by atoms with Gasteiger partial charge in [-0.15, -0.1) is 0 Å². The van der Waals surface area contributed by atoms with Gasteiger partial charge in [0.15, 0.2) is 0 Å². The average Bonchev–Trinajstić information content (AvgIpc) is 2.61. The molecule has 0 atom stereocenters. The first-order valence-corrected chi connectivity index (χ1v) is 8.49. The summed E-state index contributed by atoms with van der Waals surface area (Å²) >= 11 is 0. The molecule has 0 spiro atoms. The van der Waals surface area contributed by atoms with Crippen molar-refractivity contribution in [2.45, 2.75) is 20.8 Å². The number of rotatable bonds is 3. The molecule has 1 saturated heterocycles. The maximum absolute atomic E-state index is 12.8. The molecule has 3 rings (SSSR count). The number of hydrogen-bond donors (Lipinski definition) is 0. The summed E-state index contributed by atoms with van der Waals surface area (Å²) in [5, 5.41) is 0. The van der Waals surface area contributed by atoms with Crippen LogP contribution in [0.2, 0.25) is 0 Å². The van der Waals surface area contributed by atoms with Crippen LogP contribution in [0.1, 0.15) is 27.3 Å². The van der Waals surface area contributed by atoms with E-state index in [1.165, 1.54) is 5.56 Å². The summed E-state index contributed by atoms with van der Waals surface area (Å²) in [6.07, 6.45) is 0. The monoisotopic (exact) mass is 340 g/mol. The molecule has 0 N–H and O–H groups in total. The molecule has 0 aliphatic carbocycles. The van der Waals surface area contributed by atoms with E-state index in [0.29, 0.717) is 24.8 Å². The van der Waals surface area contributed by atoms with Crippen molar-refractivity contribution in [3.8, 4) is 5.88 Å². The van der Waals surface area contributed by atoms with Gasteiger partial charge in [-0.1, -0.05) is 17.7 Å². The van der Waals surface area contributed by atoms with Crippen LogP contribution in [0.25, 0.3) is 0 Å². The first-order valence-electron chi connectivity index (χ1n) is 8.49.